The second-order valence-corrected chi connectivity index (χ2v) is 7.39. The second-order valence-electron chi connectivity index (χ2n) is 4.40. The molecule has 1 rings (SSSR count). The topological polar surface area (TPSA) is 88.3 Å². The number of thiazole rings is 1. The third-order valence-electron chi connectivity index (χ3n) is 2.65. The number of hydrogen-bond acceptors (Lipinski definition) is 6. The minimum absolute atomic E-state index is 0.201. The Labute approximate surface area is 112 Å². The molecule has 6 nitrogen and oxygen atoms in total. The van der Waals surface area contributed by atoms with Gasteiger partial charge in [0.25, 0.3) is 10.0 Å². The molecule has 0 atom stereocenters. The highest BCUT2D eigenvalue weighted by molar-refractivity contribution is 7.91. The van der Waals surface area contributed by atoms with Gasteiger partial charge in [0.2, 0.25) is 0 Å². The first kappa shape index (κ1) is 15.4. The molecule has 18 heavy (non-hydrogen) atoms. The van der Waals surface area contributed by atoms with Crippen molar-refractivity contribution in [2.75, 3.05) is 25.9 Å². The van der Waals surface area contributed by atoms with E-state index < -0.39 is 10.0 Å². The van der Waals surface area contributed by atoms with Gasteiger partial charge in [-0.3, -0.25) is 0 Å². The molecule has 0 fully saturated rings. The molecule has 0 aromatic carbocycles. The Kier molecular flexibility index (Phi) is 5.09. The highest BCUT2D eigenvalue weighted by Gasteiger charge is 2.20. The van der Waals surface area contributed by atoms with Crippen LogP contribution in [0.4, 0.5) is 5.13 Å². The zero-order valence-corrected chi connectivity index (χ0v) is 12.7. The van der Waals surface area contributed by atoms with E-state index in [4.69, 9.17) is 5.73 Å². The number of nitrogen functional groups attached to an aromatic ring is 1. The number of nitrogens with two attached hydrogens (primary N) is 1. The third-order valence-corrected chi connectivity index (χ3v) is 5.71. The fourth-order valence-corrected chi connectivity index (χ4v) is 3.70. The minimum atomic E-state index is -3.49. The number of aromatic nitrogens is 1. The van der Waals surface area contributed by atoms with Crippen LogP contribution in [0.2, 0.25) is 0 Å². The molecule has 0 saturated carbocycles. The summed E-state index contributed by atoms with van der Waals surface area (Å²) in [5.41, 5.74) is 5.95. The number of likely N-dealkylation sites (N-methyl/N-ethyl adjacent to an activating group) is 1. The highest BCUT2D eigenvalue weighted by atomic mass is 32.2. The Bertz CT molecular complexity index is 496. The maximum Gasteiger partial charge on any atom is 0.252 e. The Morgan fingerprint density at radius 1 is 1.50 bits per heavy atom. The first-order chi connectivity index (χ1) is 8.24. The molecule has 8 heteroatoms. The van der Waals surface area contributed by atoms with E-state index in [1.807, 2.05) is 7.05 Å². The average Bonchev–Trinajstić information content (AvgIpc) is 2.58. The van der Waals surface area contributed by atoms with Gasteiger partial charge in [-0.05, 0) is 27.8 Å². The summed E-state index contributed by atoms with van der Waals surface area (Å²) < 4.78 is 26.8. The van der Waals surface area contributed by atoms with Gasteiger partial charge in [0.05, 0.1) is 5.69 Å². The van der Waals surface area contributed by atoms with Crippen LogP contribution in [0.1, 0.15) is 19.5 Å². The van der Waals surface area contributed by atoms with E-state index in [1.54, 1.807) is 6.92 Å². The van der Waals surface area contributed by atoms with Crippen molar-refractivity contribution < 1.29 is 8.42 Å². The van der Waals surface area contributed by atoms with E-state index in [1.165, 1.54) is 0 Å². The van der Waals surface area contributed by atoms with Gasteiger partial charge >= 0.3 is 0 Å². The third kappa shape index (κ3) is 3.91. The molecule has 1 aromatic heterocycles. The quantitative estimate of drug-likeness (QED) is 0.804. The lowest BCUT2D eigenvalue weighted by Gasteiger charge is -2.20. The van der Waals surface area contributed by atoms with Crippen LogP contribution in [0, 0.1) is 6.92 Å². The molecule has 0 bridgehead atoms. The molecule has 104 valence electrons. The van der Waals surface area contributed by atoms with E-state index in [0.29, 0.717) is 24.8 Å². The van der Waals surface area contributed by atoms with Gasteiger partial charge in [-0.15, -0.1) is 0 Å². The monoisotopic (exact) mass is 292 g/mol. The van der Waals surface area contributed by atoms with Crippen LogP contribution < -0.4 is 10.5 Å². The molecule has 0 aliphatic heterocycles. The van der Waals surface area contributed by atoms with E-state index in [2.05, 4.69) is 28.5 Å². The molecule has 3 N–H and O–H groups in total. The molecule has 1 aromatic rings. The first-order valence-corrected chi connectivity index (χ1v) is 7.97. The Morgan fingerprint density at radius 2 is 2.11 bits per heavy atom. The molecule has 0 saturated heterocycles. The van der Waals surface area contributed by atoms with Gasteiger partial charge in [-0.25, -0.2) is 18.1 Å². The number of nitrogens with zero attached hydrogens (tertiary/aromatic N) is 2. The summed E-state index contributed by atoms with van der Waals surface area (Å²) in [5, 5.41) is 0.271. The zero-order chi connectivity index (χ0) is 13.9. The molecular weight excluding hydrogens is 272 g/mol. The van der Waals surface area contributed by atoms with Gasteiger partial charge in [0.1, 0.15) is 0 Å². The normalized spacial score (nSPS) is 12.6. The predicted octanol–water partition coefficient (Wildman–Crippen LogP) is 0.652. The second kappa shape index (κ2) is 5.96. The predicted molar refractivity (Wildman–Crippen MR) is 74.2 cm³/mol. The number of hydrogen-bond donors (Lipinski definition) is 2. The lowest BCUT2D eigenvalue weighted by Crippen LogP contribution is -2.36. The van der Waals surface area contributed by atoms with Crippen LogP contribution in [-0.4, -0.2) is 44.5 Å². The summed E-state index contributed by atoms with van der Waals surface area (Å²) >= 11 is 0.989. The maximum atomic E-state index is 12.0. The largest absolute Gasteiger partial charge is 0.375 e. The lowest BCUT2D eigenvalue weighted by atomic mass is 10.3. The summed E-state index contributed by atoms with van der Waals surface area (Å²) in [6, 6.07) is 0.385. The van der Waals surface area contributed by atoms with Crippen LogP contribution in [0.5, 0.6) is 0 Å². The van der Waals surface area contributed by atoms with Crippen molar-refractivity contribution in [3.05, 3.63) is 5.69 Å². The standard InChI is InChI=1S/C10H20N4O2S2/c1-7(2)14(4)6-5-12-18(15,16)9-8(3)13-10(11)17-9/h7,12H,5-6H2,1-4H3,(H2,11,13). The van der Waals surface area contributed by atoms with E-state index >= 15 is 0 Å². The Morgan fingerprint density at radius 3 is 2.56 bits per heavy atom. The van der Waals surface area contributed by atoms with E-state index in [-0.39, 0.29) is 9.34 Å². The van der Waals surface area contributed by atoms with E-state index in [9.17, 15) is 8.42 Å². The Hall–Kier alpha value is -0.700. The molecule has 0 aliphatic rings. The average molecular weight is 292 g/mol. The van der Waals surface area contributed by atoms with Crippen molar-refractivity contribution in [3.63, 3.8) is 0 Å². The van der Waals surface area contributed by atoms with E-state index in [0.717, 1.165) is 11.3 Å². The number of sulfonamides is 1. The van der Waals surface area contributed by atoms with Crippen LogP contribution in [0.15, 0.2) is 4.21 Å². The van der Waals surface area contributed by atoms with Gasteiger partial charge in [0.15, 0.2) is 9.34 Å². The summed E-state index contributed by atoms with van der Waals surface area (Å²) in [7, 11) is -1.54. The number of rotatable bonds is 6. The van der Waals surface area contributed by atoms with Gasteiger partial charge in [0, 0.05) is 19.1 Å². The molecule has 1 heterocycles. The van der Waals surface area contributed by atoms with Gasteiger partial charge in [-0.2, -0.15) is 0 Å². The number of anilines is 1. The number of nitrogens with one attached hydrogen (secondary N) is 1. The van der Waals surface area contributed by atoms with Crippen molar-refractivity contribution in [1.82, 2.24) is 14.6 Å². The summed E-state index contributed by atoms with van der Waals surface area (Å²) in [5.74, 6) is 0. The van der Waals surface area contributed by atoms with Crippen molar-refractivity contribution in [1.29, 1.82) is 0 Å². The lowest BCUT2D eigenvalue weighted by molar-refractivity contribution is 0.278. The minimum Gasteiger partial charge on any atom is -0.375 e. The van der Waals surface area contributed by atoms with Crippen molar-refractivity contribution >= 4 is 26.5 Å². The number of aryl methyl sites for hydroxylation is 1. The smallest absolute Gasteiger partial charge is 0.252 e. The molecule has 0 aliphatic carbocycles. The molecule has 0 radical (unpaired) electrons. The van der Waals surface area contributed by atoms with Gasteiger partial charge in [-0.1, -0.05) is 11.3 Å². The van der Waals surface area contributed by atoms with Gasteiger partial charge < -0.3 is 10.6 Å². The van der Waals surface area contributed by atoms with Crippen LogP contribution >= 0.6 is 11.3 Å². The molecular formula is C10H20N4O2S2. The summed E-state index contributed by atoms with van der Waals surface area (Å²) in [6.07, 6.45) is 0. The zero-order valence-electron chi connectivity index (χ0n) is 11.1. The molecule has 0 unspecified atom stereocenters. The molecule has 0 amide bonds. The highest BCUT2D eigenvalue weighted by Crippen LogP contribution is 2.24. The maximum absolute atomic E-state index is 12.0. The van der Waals surface area contributed by atoms with Crippen LogP contribution in [-0.2, 0) is 10.0 Å². The van der Waals surface area contributed by atoms with Crippen LogP contribution in [0.25, 0.3) is 0 Å². The van der Waals surface area contributed by atoms with Crippen molar-refractivity contribution in [3.8, 4) is 0 Å². The Balaban J connectivity index is 2.64. The van der Waals surface area contributed by atoms with Crippen molar-refractivity contribution in [2.45, 2.75) is 31.0 Å². The fraction of sp³-hybridized carbons (Fsp3) is 0.700. The van der Waals surface area contributed by atoms with Crippen molar-refractivity contribution in [2.24, 2.45) is 0 Å². The van der Waals surface area contributed by atoms with Crippen LogP contribution in [0.3, 0.4) is 0 Å². The molecule has 0 spiro atoms. The fourth-order valence-electron chi connectivity index (χ4n) is 1.33. The summed E-state index contributed by atoms with van der Waals surface area (Å²) in [4.78, 5) is 5.98. The SMILES string of the molecule is Cc1nc(N)sc1S(=O)(=O)NCCN(C)C(C)C. The summed E-state index contributed by atoms with van der Waals surface area (Å²) in [6.45, 7) is 6.78. The first-order valence-electron chi connectivity index (χ1n) is 5.67.